The number of rotatable bonds is 5. The van der Waals surface area contributed by atoms with Gasteiger partial charge in [-0.15, -0.1) is 0 Å². The van der Waals surface area contributed by atoms with Crippen molar-refractivity contribution >= 4 is 23.2 Å². The molecule has 5 nitrogen and oxygen atoms in total. The SMILES string of the molecule is CCN(C(=O)c1cccc(C(=O)N(C)c2ccccc2)n1)c1ccccc1. The van der Waals surface area contributed by atoms with Crippen molar-refractivity contribution in [3.05, 3.63) is 90.3 Å². The first kappa shape index (κ1) is 18.3. The van der Waals surface area contributed by atoms with E-state index in [9.17, 15) is 9.59 Å². The second kappa shape index (κ2) is 8.27. The van der Waals surface area contributed by atoms with Crippen LogP contribution in [0.25, 0.3) is 0 Å². The molecule has 2 aromatic carbocycles. The number of carbonyl (C=O) groups excluding carboxylic acids is 2. The Morgan fingerprint density at radius 2 is 1.26 bits per heavy atom. The number of para-hydroxylation sites is 2. The molecule has 0 fully saturated rings. The summed E-state index contributed by atoms with van der Waals surface area (Å²) in [5.74, 6) is -0.501. The summed E-state index contributed by atoms with van der Waals surface area (Å²) < 4.78 is 0. The van der Waals surface area contributed by atoms with E-state index in [1.807, 2.05) is 67.6 Å². The van der Waals surface area contributed by atoms with Crippen molar-refractivity contribution < 1.29 is 9.59 Å². The van der Waals surface area contributed by atoms with Gasteiger partial charge in [0.1, 0.15) is 11.4 Å². The first-order valence-corrected chi connectivity index (χ1v) is 8.79. The van der Waals surface area contributed by atoms with E-state index in [-0.39, 0.29) is 23.2 Å². The fourth-order valence-electron chi connectivity index (χ4n) is 2.80. The lowest BCUT2D eigenvalue weighted by molar-refractivity contribution is 0.0981. The number of hydrogen-bond acceptors (Lipinski definition) is 3. The molecule has 1 heterocycles. The first-order chi connectivity index (χ1) is 13.1. The molecule has 0 aliphatic heterocycles. The maximum Gasteiger partial charge on any atom is 0.276 e. The Kier molecular flexibility index (Phi) is 5.61. The fraction of sp³-hybridized carbons (Fsp3) is 0.136. The summed E-state index contributed by atoms with van der Waals surface area (Å²) in [6.07, 6.45) is 0. The molecule has 2 amide bonds. The number of nitrogens with zero attached hydrogens (tertiary/aromatic N) is 3. The highest BCUT2D eigenvalue weighted by atomic mass is 16.2. The molecule has 5 heteroatoms. The van der Waals surface area contributed by atoms with Gasteiger partial charge in [-0.05, 0) is 43.3 Å². The number of pyridine rings is 1. The Morgan fingerprint density at radius 3 is 1.81 bits per heavy atom. The second-order valence-electron chi connectivity index (χ2n) is 5.99. The number of anilines is 2. The molecule has 0 saturated heterocycles. The topological polar surface area (TPSA) is 53.5 Å². The number of benzene rings is 2. The van der Waals surface area contributed by atoms with Crippen molar-refractivity contribution in [2.45, 2.75) is 6.92 Å². The van der Waals surface area contributed by atoms with Gasteiger partial charge < -0.3 is 9.80 Å². The van der Waals surface area contributed by atoms with Gasteiger partial charge in [0.15, 0.2) is 0 Å². The quantitative estimate of drug-likeness (QED) is 0.691. The van der Waals surface area contributed by atoms with Crippen molar-refractivity contribution in [1.82, 2.24) is 4.98 Å². The van der Waals surface area contributed by atoms with E-state index >= 15 is 0 Å². The van der Waals surface area contributed by atoms with Crippen LogP contribution in [0.4, 0.5) is 11.4 Å². The van der Waals surface area contributed by atoms with Crippen molar-refractivity contribution in [3.63, 3.8) is 0 Å². The van der Waals surface area contributed by atoms with Crippen LogP contribution < -0.4 is 9.80 Å². The zero-order valence-electron chi connectivity index (χ0n) is 15.4. The third kappa shape index (κ3) is 4.03. The molecule has 3 rings (SSSR count). The van der Waals surface area contributed by atoms with Crippen molar-refractivity contribution in [2.75, 3.05) is 23.4 Å². The fourth-order valence-corrected chi connectivity index (χ4v) is 2.80. The van der Waals surface area contributed by atoms with Gasteiger partial charge in [-0.2, -0.15) is 0 Å². The molecule has 0 saturated carbocycles. The number of amides is 2. The van der Waals surface area contributed by atoms with Crippen molar-refractivity contribution in [1.29, 1.82) is 0 Å². The minimum atomic E-state index is -0.265. The second-order valence-corrected chi connectivity index (χ2v) is 5.99. The van der Waals surface area contributed by atoms with Crippen LogP contribution >= 0.6 is 0 Å². The van der Waals surface area contributed by atoms with Crippen LogP contribution in [-0.2, 0) is 0 Å². The molecule has 3 aromatic rings. The molecular formula is C22H21N3O2. The van der Waals surface area contributed by atoms with Crippen molar-refractivity contribution in [3.8, 4) is 0 Å². The third-order valence-corrected chi connectivity index (χ3v) is 4.26. The molecule has 1 aromatic heterocycles. The highest BCUT2D eigenvalue weighted by Crippen LogP contribution is 2.17. The maximum absolute atomic E-state index is 12.9. The Hall–Kier alpha value is -3.47. The molecule has 0 aliphatic rings. The zero-order valence-corrected chi connectivity index (χ0v) is 15.4. The van der Waals surface area contributed by atoms with Crippen LogP contribution in [0, 0.1) is 0 Å². The minimum Gasteiger partial charge on any atom is -0.310 e. The Labute approximate surface area is 158 Å². The molecule has 0 radical (unpaired) electrons. The number of carbonyl (C=O) groups is 2. The molecule has 0 spiro atoms. The third-order valence-electron chi connectivity index (χ3n) is 4.26. The highest BCUT2D eigenvalue weighted by Gasteiger charge is 2.20. The van der Waals surface area contributed by atoms with E-state index in [4.69, 9.17) is 0 Å². The number of aromatic nitrogens is 1. The molecule has 0 bridgehead atoms. The van der Waals surface area contributed by atoms with Gasteiger partial charge in [0.05, 0.1) is 0 Å². The lowest BCUT2D eigenvalue weighted by Gasteiger charge is -2.21. The van der Waals surface area contributed by atoms with E-state index in [1.54, 1.807) is 30.1 Å². The van der Waals surface area contributed by atoms with Crippen LogP contribution in [0.5, 0.6) is 0 Å². The summed E-state index contributed by atoms with van der Waals surface area (Å²) in [5, 5.41) is 0. The molecule has 0 atom stereocenters. The van der Waals surface area contributed by atoms with Crippen LogP contribution in [0.3, 0.4) is 0 Å². The molecule has 0 unspecified atom stereocenters. The first-order valence-electron chi connectivity index (χ1n) is 8.79. The summed E-state index contributed by atoms with van der Waals surface area (Å²) in [4.78, 5) is 33.2. The summed E-state index contributed by atoms with van der Waals surface area (Å²) in [6.45, 7) is 2.41. The molecule has 0 N–H and O–H groups in total. The maximum atomic E-state index is 12.9. The van der Waals surface area contributed by atoms with Gasteiger partial charge in [-0.1, -0.05) is 42.5 Å². The van der Waals surface area contributed by atoms with Crippen molar-refractivity contribution in [2.24, 2.45) is 0 Å². The standard InChI is InChI=1S/C22H21N3O2/c1-3-25(18-13-8-5-9-14-18)22(27)20-16-10-15-19(23-20)21(26)24(2)17-11-6-4-7-12-17/h4-16H,3H2,1-2H3. The summed E-state index contributed by atoms with van der Waals surface area (Å²) in [5.41, 5.74) is 2.04. The predicted molar refractivity (Wildman–Crippen MR) is 107 cm³/mol. The summed E-state index contributed by atoms with van der Waals surface area (Å²) in [6, 6.07) is 23.7. The van der Waals surface area contributed by atoms with Crippen LogP contribution in [-0.4, -0.2) is 30.4 Å². The smallest absolute Gasteiger partial charge is 0.276 e. The Bertz CT molecular complexity index is 927. The Balaban J connectivity index is 1.86. The van der Waals surface area contributed by atoms with E-state index in [0.717, 1.165) is 11.4 Å². The predicted octanol–water partition coefficient (Wildman–Crippen LogP) is 4.02. The Morgan fingerprint density at radius 1 is 0.741 bits per heavy atom. The lowest BCUT2D eigenvalue weighted by atomic mass is 10.2. The van der Waals surface area contributed by atoms with Crippen LogP contribution in [0.2, 0.25) is 0 Å². The molecule has 0 aliphatic carbocycles. The van der Waals surface area contributed by atoms with E-state index < -0.39 is 0 Å². The largest absolute Gasteiger partial charge is 0.310 e. The van der Waals surface area contributed by atoms with Gasteiger partial charge in [-0.3, -0.25) is 9.59 Å². The normalized spacial score (nSPS) is 10.3. The highest BCUT2D eigenvalue weighted by molar-refractivity contribution is 6.07. The zero-order chi connectivity index (χ0) is 19.2. The van der Waals surface area contributed by atoms with E-state index in [2.05, 4.69) is 4.98 Å². The summed E-state index contributed by atoms with van der Waals surface area (Å²) in [7, 11) is 1.69. The van der Waals surface area contributed by atoms with Gasteiger partial charge in [0.2, 0.25) is 0 Å². The van der Waals surface area contributed by atoms with Gasteiger partial charge >= 0.3 is 0 Å². The van der Waals surface area contributed by atoms with Gasteiger partial charge in [-0.25, -0.2) is 4.98 Å². The number of hydrogen-bond donors (Lipinski definition) is 0. The lowest BCUT2D eigenvalue weighted by Crippen LogP contribution is -2.32. The monoisotopic (exact) mass is 359 g/mol. The summed E-state index contributed by atoms with van der Waals surface area (Å²) >= 11 is 0. The molecule has 136 valence electrons. The van der Waals surface area contributed by atoms with Crippen LogP contribution in [0.1, 0.15) is 27.9 Å². The minimum absolute atomic E-state index is 0.233. The average molecular weight is 359 g/mol. The van der Waals surface area contributed by atoms with E-state index in [0.29, 0.717) is 6.54 Å². The van der Waals surface area contributed by atoms with Gasteiger partial charge in [0.25, 0.3) is 11.8 Å². The average Bonchev–Trinajstić information content (AvgIpc) is 2.74. The molecular weight excluding hydrogens is 338 g/mol. The van der Waals surface area contributed by atoms with Gasteiger partial charge in [0, 0.05) is 25.0 Å². The van der Waals surface area contributed by atoms with Crippen LogP contribution in [0.15, 0.2) is 78.9 Å². The van der Waals surface area contributed by atoms with E-state index in [1.165, 1.54) is 4.90 Å². The molecule has 27 heavy (non-hydrogen) atoms.